The van der Waals surface area contributed by atoms with Gasteiger partial charge in [0.1, 0.15) is 0 Å². The summed E-state index contributed by atoms with van der Waals surface area (Å²) < 4.78 is 0. The summed E-state index contributed by atoms with van der Waals surface area (Å²) in [7, 11) is 0. The van der Waals surface area contributed by atoms with Gasteiger partial charge in [0.05, 0.1) is 12.1 Å². The first kappa shape index (κ1) is 13.9. The molecule has 1 aromatic rings. The molecule has 1 aliphatic rings. The smallest absolute Gasteiger partial charge is 0.157 e. The van der Waals surface area contributed by atoms with E-state index in [9.17, 15) is 0 Å². The summed E-state index contributed by atoms with van der Waals surface area (Å²) in [4.78, 5) is 6.21. The number of nitrogens with zero attached hydrogens (tertiary/aromatic N) is 1. The Hall–Kier alpha value is -0.480. The topological polar surface area (TPSA) is 24.4 Å². The van der Waals surface area contributed by atoms with E-state index in [1.165, 1.54) is 11.3 Å². The third kappa shape index (κ3) is 3.75. The lowest BCUT2D eigenvalue weighted by molar-refractivity contribution is 0.527. The van der Waals surface area contributed by atoms with Crippen molar-refractivity contribution in [2.24, 2.45) is 10.9 Å². The molecular formula is C14H22N2S2. The maximum atomic E-state index is 4.80. The number of rotatable bonds is 5. The van der Waals surface area contributed by atoms with Gasteiger partial charge in [-0.3, -0.25) is 4.99 Å². The van der Waals surface area contributed by atoms with Gasteiger partial charge < -0.3 is 5.32 Å². The van der Waals surface area contributed by atoms with Crippen LogP contribution in [0.2, 0.25) is 0 Å². The van der Waals surface area contributed by atoms with E-state index >= 15 is 0 Å². The normalized spacial score (nSPS) is 21.1. The van der Waals surface area contributed by atoms with Crippen molar-refractivity contribution >= 4 is 28.3 Å². The average Bonchev–Trinajstić information content (AvgIpc) is 2.96. The van der Waals surface area contributed by atoms with Crippen LogP contribution in [0, 0.1) is 5.92 Å². The molecular weight excluding hydrogens is 260 g/mol. The minimum absolute atomic E-state index is 0.425. The molecule has 0 spiro atoms. The SMILES string of the molecule is CCC(NC1=NC(CC(C)C)CS1)c1cccs1. The van der Waals surface area contributed by atoms with Gasteiger partial charge in [-0.2, -0.15) is 0 Å². The molecule has 0 amide bonds. The van der Waals surface area contributed by atoms with Crippen molar-refractivity contribution < 1.29 is 0 Å². The van der Waals surface area contributed by atoms with E-state index in [1.54, 1.807) is 0 Å². The molecule has 18 heavy (non-hydrogen) atoms. The van der Waals surface area contributed by atoms with E-state index < -0.39 is 0 Å². The summed E-state index contributed by atoms with van der Waals surface area (Å²) in [5.74, 6) is 1.87. The molecule has 1 aromatic heterocycles. The standard InChI is InChI=1S/C14H22N2S2/c1-4-12(13-6-5-7-17-13)16-14-15-11(9-18-14)8-10(2)3/h5-7,10-12H,4,8-9H2,1-3H3,(H,15,16). The lowest BCUT2D eigenvalue weighted by Crippen LogP contribution is -2.24. The lowest BCUT2D eigenvalue weighted by Gasteiger charge is -2.15. The number of amidine groups is 1. The van der Waals surface area contributed by atoms with Crippen LogP contribution in [0.3, 0.4) is 0 Å². The Morgan fingerprint density at radius 2 is 2.33 bits per heavy atom. The van der Waals surface area contributed by atoms with Crippen molar-refractivity contribution in [1.29, 1.82) is 0 Å². The van der Waals surface area contributed by atoms with Crippen LogP contribution in [0.5, 0.6) is 0 Å². The molecule has 0 radical (unpaired) electrons. The number of nitrogens with one attached hydrogen (secondary N) is 1. The van der Waals surface area contributed by atoms with Crippen molar-refractivity contribution in [3.8, 4) is 0 Å². The molecule has 1 aliphatic heterocycles. The van der Waals surface area contributed by atoms with Gasteiger partial charge in [-0.1, -0.05) is 38.6 Å². The second-order valence-electron chi connectivity index (χ2n) is 5.15. The van der Waals surface area contributed by atoms with Gasteiger partial charge in [0.25, 0.3) is 0 Å². The predicted octanol–water partition coefficient (Wildman–Crippen LogP) is 4.31. The molecule has 0 saturated heterocycles. The van der Waals surface area contributed by atoms with E-state index in [2.05, 4.69) is 43.6 Å². The molecule has 2 heterocycles. The highest BCUT2D eigenvalue weighted by Crippen LogP contribution is 2.26. The van der Waals surface area contributed by atoms with E-state index in [1.807, 2.05) is 23.1 Å². The second-order valence-corrected chi connectivity index (χ2v) is 7.14. The highest BCUT2D eigenvalue weighted by atomic mass is 32.2. The summed E-state index contributed by atoms with van der Waals surface area (Å²) in [6, 6.07) is 5.26. The predicted molar refractivity (Wildman–Crippen MR) is 83.6 cm³/mol. The summed E-state index contributed by atoms with van der Waals surface area (Å²) >= 11 is 3.70. The van der Waals surface area contributed by atoms with Crippen LogP contribution in [-0.2, 0) is 0 Å². The van der Waals surface area contributed by atoms with Crippen LogP contribution >= 0.6 is 23.1 Å². The molecule has 2 nitrogen and oxygen atoms in total. The summed E-state index contributed by atoms with van der Waals surface area (Å²) in [5.41, 5.74) is 0. The first-order chi connectivity index (χ1) is 8.69. The molecule has 0 saturated carbocycles. The van der Waals surface area contributed by atoms with E-state index in [4.69, 9.17) is 4.99 Å². The molecule has 1 N–H and O–H groups in total. The lowest BCUT2D eigenvalue weighted by atomic mass is 10.1. The first-order valence-corrected chi connectivity index (χ1v) is 8.56. The van der Waals surface area contributed by atoms with Crippen molar-refractivity contribution in [3.63, 3.8) is 0 Å². The Kier molecular flexibility index (Phi) is 5.13. The van der Waals surface area contributed by atoms with E-state index in [0.717, 1.165) is 23.3 Å². The minimum Gasteiger partial charge on any atom is -0.357 e. The Bertz CT molecular complexity index is 385. The van der Waals surface area contributed by atoms with Gasteiger partial charge in [-0.15, -0.1) is 11.3 Å². The maximum absolute atomic E-state index is 4.80. The fourth-order valence-electron chi connectivity index (χ4n) is 2.17. The molecule has 0 bridgehead atoms. The van der Waals surface area contributed by atoms with E-state index in [-0.39, 0.29) is 0 Å². The Labute approximate surface area is 118 Å². The second kappa shape index (κ2) is 6.62. The summed E-state index contributed by atoms with van der Waals surface area (Å²) in [6.07, 6.45) is 2.31. The largest absolute Gasteiger partial charge is 0.357 e. The number of hydrogen-bond acceptors (Lipinski definition) is 4. The van der Waals surface area contributed by atoms with Crippen molar-refractivity contribution in [1.82, 2.24) is 5.32 Å². The van der Waals surface area contributed by atoms with Crippen molar-refractivity contribution in [2.75, 3.05) is 5.75 Å². The zero-order valence-corrected chi connectivity index (χ0v) is 13.0. The molecule has 2 rings (SSSR count). The highest BCUT2D eigenvalue weighted by molar-refractivity contribution is 8.14. The Morgan fingerprint density at radius 3 is 2.94 bits per heavy atom. The number of thioether (sulfide) groups is 1. The monoisotopic (exact) mass is 282 g/mol. The average molecular weight is 282 g/mol. The Morgan fingerprint density at radius 1 is 1.50 bits per heavy atom. The van der Waals surface area contributed by atoms with Gasteiger partial charge in [0.2, 0.25) is 0 Å². The van der Waals surface area contributed by atoms with Gasteiger partial charge in [0.15, 0.2) is 5.17 Å². The van der Waals surface area contributed by atoms with Crippen molar-refractivity contribution in [3.05, 3.63) is 22.4 Å². The van der Waals surface area contributed by atoms with Gasteiger partial charge in [0, 0.05) is 10.6 Å². The molecule has 4 heteroatoms. The molecule has 0 fully saturated rings. The van der Waals surface area contributed by atoms with E-state index in [0.29, 0.717) is 12.1 Å². The molecule has 2 unspecified atom stereocenters. The summed E-state index contributed by atoms with van der Waals surface area (Å²) in [5, 5.41) is 6.88. The molecule has 0 aliphatic carbocycles. The first-order valence-electron chi connectivity index (χ1n) is 6.69. The summed E-state index contributed by atoms with van der Waals surface area (Å²) in [6.45, 7) is 6.77. The zero-order valence-electron chi connectivity index (χ0n) is 11.3. The molecule has 0 aromatic carbocycles. The zero-order chi connectivity index (χ0) is 13.0. The Balaban J connectivity index is 1.93. The third-order valence-corrected chi connectivity index (χ3v) is 5.08. The van der Waals surface area contributed by atoms with Crippen LogP contribution in [0.1, 0.15) is 44.5 Å². The fourth-order valence-corrected chi connectivity index (χ4v) is 4.04. The minimum atomic E-state index is 0.425. The third-order valence-electron chi connectivity index (χ3n) is 3.05. The van der Waals surface area contributed by atoms with Crippen LogP contribution in [0.25, 0.3) is 0 Å². The number of hydrogen-bond donors (Lipinski definition) is 1. The van der Waals surface area contributed by atoms with Gasteiger partial charge in [-0.25, -0.2) is 0 Å². The quantitative estimate of drug-likeness (QED) is 0.870. The van der Waals surface area contributed by atoms with Crippen LogP contribution in [-0.4, -0.2) is 17.0 Å². The molecule has 100 valence electrons. The number of aliphatic imine (C=N–C) groups is 1. The fraction of sp³-hybridized carbons (Fsp3) is 0.643. The van der Waals surface area contributed by atoms with Crippen LogP contribution in [0.15, 0.2) is 22.5 Å². The number of thiophene rings is 1. The van der Waals surface area contributed by atoms with Crippen LogP contribution < -0.4 is 5.32 Å². The van der Waals surface area contributed by atoms with Gasteiger partial charge >= 0.3 is 0 Å². The van der Waals surface area contributed by atoms with Gasteiger partial charge in [-0.05, 0) is 30.2 Å². The highest BCUT2D eigenvalue weighted by Gasteiger charge is 2.21. The van der Waals surface area contributed by atoms with Crippen molar-refractivity contribution in [2.45, 2.75) is 45.7 Å². The maximum Gasteiger partial charge on any atom is 0.157 e. The van der Waals surface area contributed by atoms with Crippen LogP contribution in [0.4, 0.5) is 0 Å². The molecule has 2 atom stereocenters.